The molecule has 4 N–H and O–H groups in total. The zero-order valence-electron chi connectivity index (χ0n) is 12.5. The van der Waals surface area contributed by atoms with Crippen LogP contribution in [0.15, 0.2) is 18.2 Å². The van der Waals surface area contributed by atoms with Crippen molar-refractivity contribution >= 4 is 23.2 Å². The molecule has 20 heavy (non-hydrogen) atoms. The fourth-order valence-corrected chi connectivity index (χ4v) is 1.57. The summed E-state index contributed by atoms with van der Waals surface area (Å²) < 4.78 is 0. The Morgan fingerprint density at radius 2 is 1.75 bits per heavy atom. The van der Waals surface area contributed by atoms with Gasteiger partial charge in [0.1, 0.15) is 0 Å². The smallest absolute Gasteiger partial charge is 0.244 e. The van der Waals surface area contributed by atoms with Crippen LogP contribution in [-0.2, 0) is 9.59 Å². The van der Waals surface area contributed by atoms with Gasteiger partial charge in [0.05, 0.1) is 5.54 Å². The summed E-state index contributed by atoms with van der Waals surface area (Å²) in [6.07, 6.45) is 0.955. The van der Waals surface area contributed by atoms with Crippen molar-refractivity contribution in [1.29, 1.82) is 0 Å². The Morgan fingerprint density at radius 1 is 1.20 bits per heavy atom. The monoisotopic (exact) mass is 277 g/mol. The summed E-state index contributed by atoms with van der Waals surface area (Å²) in [5, 5.41) is 5.62. The summed E-state index contributed by atoms with van der Waals surface area (Å²) in [6.45, 7) is 7.20. The quantitative estimate of drug-likeness (QED) is 0.772. The Hall–Kier alpha value is -1.88. The number of carbonyl (C=O) groups is 2. The Kier molecular flexibility index (Phi) is 5.27. The third-order valence-corrected chi connectivity index (χ3v) is 3.43. The Morgan fingerprint density at radius 3 is 2.25 bits per heavy atom. The molecule has 0 spiro atoms. The van der Waals surface area contributed by atoms with E-state index >= 15 is 0 Å². The molecule has 0 saturated heterocycles. The molecule has 0 radical (unpaired) electrons. The molecule has 110 valence electrons. The minimum absolute atomic E-state index is 0.0613. The maximum atomic E-state index is 12.1. The van der Waals surface area contributed by atoms with E-state index in [0.29, 0.717) is 24.2 Å². The fraction of sp³-hybridized carbons (Fsp3) is 0.467. The maximum absolute atomic E-state index is 12.1. The number of benzene rings is 1. The molecule has 5 nitrogen and oxygen atoms in total. The molecule has 0 bridgehead atoms. The van der Waals surface area contributed by atoms with Crippen LogP contribution in [0.3, 0.4) is 0 Å². The second kappa shape index (κ2) is 6.52. The van der Waals surface area contributed by atoms with E-state index in [1.807, 2.05) is 13.8 Å². The lowest BCUT2D eigenvalue weighted by Crippen LogP contribution is -2.47. The molecule has 1 aromatic rings. The van der Waals surface area contributed by atoms with Crippen molar-refractivity contribution in [2.75, 3.05) is 10.6 Å². The van der Waals surface area contributed by atoms with Gasteiger partial charge in [-0.15, -0.1) is 0 Å². The van der Waals surface area contributed by atoms with Crippen molar-refractivity contribution in [3.63, 3.8) is 0 Å². The summed E-state index contributed by atoms with van der Waals surface area (Å²) in [4.78, 5) is 23.5. The summed E-state index contributed by atoms with van der Waals surface area (Å²) in [5.74, 6) is -0.295. The van der Waals surface area contributed by atoms with Gasteiger partial charge in [0.15, 0.2) is 0 Å². The molecule has 0 saturated carbocycles. The van der Waals surface area contributed by atoms with Gasteiger partial charge in [0.2, 0.25) is 11.8 Å². The molecule has 0 fully saturated rings. The Labute approximate surface area is 119 Å². The van der Waals surface area contributed by atoms with Gasteiger partial charge in [-0.25, -0.2) is 0 Å². The molecule has 1 rings (SSSR count). The summed E-state index contributed by atoms with van der Waals surface area (Å²) in [6, 6.07) is 5.38. The van der Waals surface area contributed by atoms with Gasteiger partial charge in [-0.1, -0.05) is 19.9 Å². The molecule has 0 aliphatic heterocycles. The molecule has 0 heterocycles. The van der Waals surface area contributed by atoms with E-state index < -0.39 is 5.54 Å². The van der Waals surface area contributed by atoms with Gasteiger partial charge in [0, 0.05) is 17.8 Å². The molecule has 1 atom stereocenters. The number of carbonyl (C=O) groups excluding carboxylic acids is 2. The van der Waals surface area contributed by atoms with Crippen molar-refractivity contribution in [3.05, 3.63) is 23.8 Å². The van der Waals surface area contributed by atoms with Crippen molar-refractivity contribution < 1.29 is 9.59 Å². The SMILES string of the molecule is CCC(=O)Nc1cccc(NC(=O)C(C)(N)CC)c1C. The first-order valence-corrected chi connectivity index (χ1v) is 6.81. The van der Waals surface area contributed by atoms with Crippen LogP contribution in [0.2, 0.25) is 0 Å². The van der Waals surface area contributed by atoms with Crippen molar-refractivity contribution in [2.45, 2.75) is 46.1 Å². The standard InChI is InChI=1S/C15H23N3O2/c1-5-13(19)17-11-8-7-9-12(10(11)3)18-14(20)15(4,16)6-2/h7-9H,5-6,16H2,1-4H3,(H,17,19)(H,18,20). The molecular weight excluding hydrogens is 254 g/mol. The highest BCUT2D eigenvalue weighted by atomic mass is 16.2. The van der Waals surface area contributed by atoms with Gasteiger partial charge in [-0.3, -0.25) is 9.59 Å². The van der Waals surface area contributed by atoms with Crippen molar-refractivity contribution in [1.82, 2.24) is 0 Å². The molecule has 5 heteroatoms. The van der Waals surface area contributed by atoms with Gasteiger partial charge >= 0.3 is 0 Å². The number of nitrogens with one attached hydrogen (secondary N) is 2. The summed E-state index contributed by atoms with van der Waals surface area (Å²) >= 11 is 0. The van der Waals surface area contributed by atoms with Gasteiger partial charge in [0.25, 0.3) is 0 Å². The van der Waals surface area contributed by atoms with E-state index in [9.17, 15) is 9.59 Å². The normalized spacial score (nSPS) is 13.4. The van der Waals surface area contributed by atoms with Gasteiger partial charge in [-0.2, -0.15) is 0 Å². The topological polar surface area (TPSA) is 84.2 Å². The van der Waals surface area contributed by atoms with Gasteiger partial charge < -0.3 is 16.4 Å². The predicted molar refractivity (Wildman–Crippen MR) is 81.6 cm³/mol. The first kappa shape index (κ1) is 16.2. The maximum Gasteiger partial charge on any atom is 0.244 e. The third-order valence-electron chi connectivity index (χ3n) is 3.43. The second-order valence-corrected chi connectivity index (χ2v) is 5.11. The summed E-state index contributed by atoms with van der Waals surface area (Å²) in [5.41, 5.74) is 7.18. The molecular formula is C15H23N3O2. The van der Waals surface area contributed by atoms with E-state index in [-0.39, 0.29) is 11.8 Å². The van der Waals surface area contributed by atoms with Crippen LogP contribution in [0.1, 0.15) is 39.2 Å². The van der Waals surface area contributed by atoms with E-state index in [2.05, 4.69) is 10.6 Å². The van der Waals surface area contributed by atoms with Crippen LogP contribution < -0.4 is 16.4 Å². The number of anilines is 2. The highest BCUT2D eigenvalue weighted by Gasteiger charge is 2.26. The van der Waals surface area contributed by atoms with Crippen molar-refractivity contribution in [3.8, 4) is 0 Å². The highest BCUT2D eigenvalue weighted by Crippen LogP contribution is 2.24. The predicted octanol–water partition coefficient (Wildman–Crippen LogP) is 2.41. The van der Waals surface area contributed by atoms with Crippen LogP contribution in [0, 0.1) is 6.92 Å². The zero-order valence-corrected chi connectivity index (χ0v) is 12.5. The lowest BCUT2D eigenvalue weighted by molar-refractivity contribution is -0.120. The lowest BCUT2D eigenvalue weighted by Gasteiger charge is -2.22. The lowest BCUT2D eigenvalue weighted by atomic mass is 9.99. The van der Waals surface area contributed by atoms with Crippen LogP contribution >= 0.6 is 0 Å². The number of rotatable bonds is 5. The van der Waals surface area contributed by atoms with E-state index in [1.165, 1.54) is 0 Å². The number of nitrogens with two attached hydrogens (primary N) is 1. The number of hydrogen-bond donors (Lipinski definition) is 3. The Bertz CT molecular complexity index is 510. The third kappa shape index (κ3) is 3.81. The zero-order chi connectivity index (χ0) is 15.3. The fourth-order valence-electron chi connectivity index (χ4n) is 1.57. The van der Waals surface area contributed by atoms with E-state index in [4.69, 9.17) is 5.73 Å². The molecule has 1 aromatic carbocycles. The number of amides is 2. The van der Waals surface area contributed by atoms with Crippen LogP contribution in [0.5, 0.6) is 0 Å². The van der Waals surface area contributed by atoms with Gasteiger partial charge in [-0.05, 0) is 38.0 Å². The molecule has 1 unspecified atom stereocenters. The van der Waals surface area contributed by atoms with E-state index in [1.54, 1.807) is 32.0 Å². The minimum Gasteiger partial charge on any atom is -0.326 e. The first-order chi connectivity index (χ1) is 9.31. The van der Waals surface area contributed by atoms with Crippen LogP contribution in [0.25, 0.3) is 0 Å². The van der Waals surface area contributed by atoms with Crippen LogP contribution in [-0.4, -0.2) is 17.4 Å². The highest BCUT2D eigenvalue weighted by molar-refractivity contribution is 5.99. The largest absolute Gasteiger partial charge is 0.326 e. The van der Waals surface area contributed by atoms with E-state index in [0.717, 1.165) is 5.56 Å². The molecule has 0 aromatic heterocycles. The first-order valence-electron chi connectivity index (χ1n) is 6.81. The summed E-state index contributed by atoms with van der Waals surface area (Å²) in [7, 11) is 0. The number of hydrogen-bond acceptors (Lipinski definition) is 3. The van der Waals surface area contributed by atoms with Crippen LogP contribution in [0.4, 0.5) is 11.4 Å². The molecule has 0 aliphatic carbocycles. The van der Waals surface area contributed by atoms with Crippen molar-refractivity contribution in [2.24, 2.45) is 5.73 Å². The second-order valence-electron chi connectivity index (χ2n) is 5.11. The Balaban J connectivity index is 2.95. The average Bonchev–Trinajstić information content (AvgIpc) is 2.42. The molecule has 2 amide bonds. The molecule has 0 aliphatic rings. The minimum atomic E-state index is -0.908. The average molecular weight is 277 g/mol.